The van der Waals surface area contributed by atoms with Gasteiger partial charge in [-0.3, -0.25) is 4.72 Å². The van der Waals surface area contributed by atoms with Crippen molar-refractivity contribution in [2.45, 2.75) is 38.2 Å². The minimum absolute atomic E-state index is 0.146. The first-order chi connectivity index (χ1) is 16.3. The third kappa shape index (κ3) is 9.05. The van der Waals surface area contributed by atoms with Gasteiger partial charge in [0.25, 0.3) is 10.0 Å². The molecule has 0 spiro atoms. The fourth-order valence-electron chi connectivity index (χ4n) is 2.97. The van der Waals surface area contributed by atoms with Crippen molar-refractivity contribution in [2.75, 3.05) is 24.4 Å². The van der Waals surface area contributed by atoms with Crippen molar-refractivity contribution in [3.8, 4) is 11.5 Å². The third-order valence-electron chi connectivity index (χ3n) is 4.79. The van der Waals surface area contributed by atoms with E-state index in [9.17, 15) is 18.6 Å². The van der Waals surface area contributed by atoms with E-state index in [4.69, 9.17) is 4.74 Å². The van der Waals surface area contributed by atoms with Gasteiger partial charge in [-0.15, -0.1) is 0 Å². The molecular weight excluding hydrogens is 452 g/mol. The molecule has 0 heterocycles. The van der Waals surface area contributed by atoms with Crippen molar-refractivity contribution in [3.05, 3.63) is 83.9 Å². The molecule has 184 valence electrons. The van der Waals surface area contributed by atoms with Gasteiger partial charge in [0.05, 0.1) is 4.90 Å². The predicted molar refractivity (Wildman–Crippen MR) is 136 cm³/mol. The zero-order valence-electron chi connectivity index (χ0n) is 19.9. The zero-order chi connectivity index (χ0) is 25.0. The lowest BCUT2D eigenvalue weighted by Crippen LogP contribution is -2.32. The number of aromatic hydroxyl groups is 1. The van der Waals surface area contributed by atoms with Crippen molar-refractivity contribution in [1.82, 2.24) is 5.32 Å². The van der Waals surface area contributed by atoms with Gasteiger partial charge in [0.1, 0.15) is 24.2 Å². The van der Waals surface area contributed by atoms with Crippen LogP contribution in [-0.2, 0) is 16.4 Å². The van der Waals surface area contributed by atoms with E-state index < -0.39 is 16.1 Å². The van der Waals surface area contributed by atoms with Gasteiger partial charge in [0, 0.05) is 12.2 Å². The average molecular weight is 487 g/mol. The van der Waals surface area contributed by atoms with E-state index in [2.05, 4.69) is 10.0 Å². The molecule has 0 amide bonds. The molecule has 3 aromatic carbocycles. The Balaban J connectivity index is 0.00000199. The van der Waals surface area contributed by atoms with Gasteiger partial charge in [0.2, 0.25) is 0 Å². The second-order valence-electron chi connectivity index (χ2n) is 7.53. The lowest BCUT2D eigenvalue weighted by molar-refractivity contribution is 0.106. The maximum Gasteiger partial charge on any atom is 0.261 e. The van der Waals surface area contributed by atoms with Crippen LogP contribution in [0.5, 0.6) is 11.5 Å². The molecule has 0 saturated heterocycles. The molecule has 0 aromatic heterocycles. The Hall–Kier alpha value is -3.07. The number of ether oxygens (including phenoxy) is 1. The summed E-state index contributed by atoms with van der Waals surface area (Å²) >= 11 is 0. The predicted octanol–water partition coefficient (Wildman–Crippen LogP) is 4.10. The number of aliphatic hydroxyl groups excluding tert-OH is 1. The molecule has 0 saturated carbocycles. The smallest absolute Gasteiger partial charge is 0.261 e. The Morgan fingerprint density at radius 3 is 2.15 bits per heavy atom. The molecule has 0 aliphatic rings. The van der Waals surface area contributed by atoms with Gasteiger partial charge in [-0.05, 0) is 74.0 Å². The minimum Gasteiger partial charge on any atom is -0.508 e. The fraction of sp³-hybridized carbons (Fsp3) is 0.308. The molecular formula is C26H34N2O5S. The number of hydrogen-bond acceptors (Lipinski definition) is 6. The maximum absolute atomic E-state index is 12.5. The number of aryl methyl sites for hydroxylation is 1. The normalized spacial score (nSPS) is 11.8. The van der Waals surface area contributed by atoms with Crippen LogP contribution in [0.25, 0.3) is 0 Å². The van der Waals surface area contributed by atoms with E-state index in [1.54, 1.807) is 48.5 Å². The number of nitrogens with one attached hydrogen (secondary N) is 2. The molecule has 4 N–H and O–H groups in total. The topological polar surface area (TPSA) is 108 Å². The highest BCUT2D eigenvalue weighted by atomic mass is 32.2. The van der Waals surface area contributed by atoms with Gasteiger partial charge in [-0.1, -0.05) is 43.7 Å². The van der Waals surface area contributed by atoms with Crippen LogP contribution in [0, 0.1) is 6.92 Å². The first-order valence-electron chi connectivity index (χ1n) is 11.3. The number of sulfonamides is 1. The number of hydrogen-bond donors (Lipinski definition) is 4. The van der Waals surface area contributed by atoms with Gasteiger partial charge >= 0.3 is 0 Å². The highest BCUT2D eigenvalue weighted by Gasteiger charge is 2.13. The molecule has 1 atom stereocenters. The Morgan fingerprint density at radius 2 is 1.53 bits per heavy atom. The summed E-state index contributed by atoms with van der Waals surface area (Å²) in [6, 6.07) is 20.3. The number of phenolic OH excluding ortho intramolecular Hbond substituents is 1. The standard InChI is InChI=1S/C24H28N2O5S.C2H6/c1-18-2-12-24(13-3-18)32(29,30)26-20-6-4-19(5-7-20)14-15-25-16-22(28)17-31-23-10-8-21(27)9-11-23;1-2/h2-13,22,25-28H,14-17H2,1H3;1-2H3/t22-;/m0./s1. The summed E-state index contributed by atoms with van der Waals surface area (Å²) in [5.74, 6) is 0.746. The van der Waals surface area contributed by atoms with Crippen LogP contribution in [-0.4, -0.2) is 44.4 Å². The van der Waals surface area contributed by atoms with Crippen molar-refractivity contribution in [2.24, 2.45) is 0 Å². The van der Waals surface area contributed by atoms with Gasteiger partial charge < -0.3 is 20.3 Å². The molecule has 0 unspecified atom stereocenters. The summed E-state index contributed by atoms with van der Waals surface area (Å²) in [4.78, 5) is 0.226. The van der Waals surface area contributed by atoms with Crippen LogP contribution < -0.4 is 14.8 Å². The number of benzene rings is 3. The number of rotatable bonds is 11. The Kier molecular flexibility index (Phi) is 10.9. The summed E-state index contributed by atoms with van der Waals surface area (Å²) in [7, 11) is -3.62. The van der Waals surface area contributed by atoms with Crippen LogP contribution in [0.4, 0.5) is 5.69 Å². The molecule has 0 fully saturated rings. The SMILES string of the molecule is CC.Cc1ccc(S(=O)(=O)Nc2ccc(CCNC[C@H](O)COc3ccc(O)cc3)cc2)cc1. The summed E-state index contributed by atoms with van der Waals surface area (Å²) in [5, 5.41) is 22.4. The van der Waals surface area contributed by atoms with Crippen LogP contribution in [0.2, 0.25) is 0 Å². The minimum atomic E-state index is -3.62. The molecule has 3 aromatic rings. The van der Waals surface area contributed by atoms with Gasteiger partial charge in [0.15, 0.2) is 0 Å². The lowest BCUT2D eigenvalue weighted by Gasteiger charge is -2.13. The molecule has 7 nitrogen and oxygen atoms in total. The number of phenols is 1. The molecule has 0 aliphatic heterocycles. The van der Waals surface area contributed by atoms with Crippen molar-refractivity contribution in [1.29, 1.82) is 0 Å². The van der Waals surface area contributed by atoms with E-state index in [1.807, 2.05) is 32.9 Å². The Bertz CT molecular complexity index is 1080. The Labute approximate surface area is 202 Å². The van der Waals surface area contributed by atoms with Crippen LogP contribution in [0.1, 0.15) is 25.0 Å². The first kappa shape index (κ1) is 27.2. The van der Waals surface area contributed by atoms with Crippen LogP contribution in [0.3, 0.4) is 0 Å². The molecule has 0 bridgehead atoms. The van der Waals surface area contributed by atoms with E-state index in [-0.39, 0.29) is 17.3 Å². The second-order valence-corrected chi connectivity index (χ2v) is 9.21. The van der Waals surface area contributed by atoms with Gasteiger partial charge in [-0.2, -0.15) is 0 Å². The van der Waals surface area contributed by atoms with E-state index >= 15 is 0 Å². The quantitative estimate of drug-likeness (QED) is 0.304. The molecule has 8 heteroatoms. The summed E-state index contributed by atoms with van der Waals surface area (Å²) in [6.07, 6.45) is 0.0682. The van der Waals surface area contributed by atoms with Crippen LogP contribution >= 0.6 is 0 Å². The summed E-state index contributed by atoms with van der Waals surface area (Å²) < 4.78 is 33.0. The fourth-order valence-corrected chi connectivity index (χ4v) is 4.02. The molecule has 0 radical (unpaired) electrons. The third-order valence-corrected chi connectivity index (χ3v) is 6.18. The molecule has 3 rings (SSSR count). The maximum atomic E-state index is 12.5. The summed E-state index contributed by atoms with van der Waals surface area (Å²) in [5.41, 5.74) is 2.55. The second kappa shape index (κ2) is 13.6. The van der Waals surface area contributed by atoms with Crippen molar-refractivity contribution >= 4 is 15.7 Å². The van der Waals surface area contributed by atoms with Crippen molar-refractivity contribution in [3.63, 3.8) is 0 Å². The highest BCUT2D eigenvalue weighted by Crippen LogP contribution is 2.18. The molecule has 0 aliphatic carbocycles. The van der Waals surface area contributed by atoms with Gasteiger partial charge in [-0.25, -0.2) is 8.42 Å². The Morgan fingerprint density at radius 1 is 0.912 bits per heavy atom. The van der Waals surface area contributed by atoms with Crippen molar-refractivity contribution < 1.29 is 23.4 Å². The van der Waals surface area contributed by atoms with E-state index in [0.29, 0.717) is 24.5 Å². The number of aliphatic hydroxyl groups is 1. The van der Waals surface area contributed by atoms with E-state index in [1.165, 1.54) is 12.1 Å². The molecule has 34 heavy (non-hydrogen) atoms. The zero-order valence-corrected chi connectivity index (χ0v) is 20.7. The lowest BCUT2D eigenvalue weighted by atomic mass is 10.1. The van der Waals surface area contributed by atoms with E-state index in [0.717, 1.165) is 17.5 Å². The highest BCUT2D eigenvalue weighted by molar-refractivity contribution is 7.92. The average Bonchev–Trinajstić information content (AvgIpc) is 2.84. The largest absolute Gasteiger partial charge is 0.508 e. The summed E-state index contributed by atoms with van der Waals surface area (Å²) in [6.45, 7) is 7.09. The number of anilines is 1. The first-order valence-corrected chi connectivity index (χ1v) is 12.8. The van der Waals surface area contributed by atoms with Crippen LogP contribution in [0.15, 0.2) is 77.7 Å². The monoisotopic (exact) mass is 486 g/mol.